The van der Waals surface area contributed by atoms with Crippen LogP contribution in [-0.2, 0) is 16.2 Å². The first-order valence-corrected chi connectivity index (χ1v) is 13.4. The van der Waals surface area contributed by atoms with Gasteiger partial charge in [0, 0.05) is 18.1 Å². The van der Waals surface area contributed by atoms with Gasteiger partial charge in [0.1, 0.15) is 13.2 Å². The number of imide groups is 1. The van der Waals surface area contributed by atoms with E-state index >= 15 is 0 Å². The van der Waals surface area contributed by atoms with Crippen LogP contribution in [0.4, 0.5) is 4.79 Å². The number of thioether (sulfide) groups is 1. The van der Waals surface area contributed by atoms with Gasteiger partial charge in [0.05, 0.1) is 15.6 Å². The third-order valence-corrected chi connectivity index (χ3v) is 7.68. The molecule has 0 radical (unpaired) electrons. The zero-order chi connectivity index (χ0) is 24.9. The molecule has 2 aliphatic rings. The maximum Gasteiger partial charge on any atom is 0.294 e. The highest BCUT2D eigenvalue weighted by Crippen LogP contribution is 2.37. The van der Waals surface area contributed by atoms with Crippen molar-refractivity contribution in [1.29, 1.82) is 0 Å². The normalized spacial score (nSPS) is 17.3. The van der Waals surface area contributed by atoms with Gasteiger partial charge in [-0.15, -0.1) is 0 Å². The van der Waals surface area contributed by atoms with Crippen molar-refractivity contribution < 1.29 is 23.9 Å². The SMILES string of the molecule is COc1cc(/C=C2/SC(=O)N(CC(=O)N3CCCCC3)C2=O)cc(I)c1OCc1ccc(Cl)cc1. The van der Waals surface area contributed by atoms with E-state index in [1.165, 1.54) is 0 Å². The zero-order valence-electron chi connectivity index (χ0n) is 19.1. The highest BCUT2D eigenvalue weighted by Gasteiger charge is 2.37. The molecule has 2 aromatic rings. The van der Waals surface area contributed by atoms with Gasteiger partial charge in [0.25, 0.3) is 11.1 Å². The minimum Gasteiger partial charge on any atom is -0.493 e. The Hall–Kier alpha value is -2.24. The molecule has 0 bridgehead atoms. The van der Waals surface area contributed by atoms with E-state index in [1.807, 2.05) is 18.2 Å². The maximum absolute atomic E-state index is 12.9. The maximum atomic E-state index is 12.9. The third-order valence-electron chi connectivity index (χ3n) is 5.72. The molecule has 2 heterocycles. The highest BCUT2D eigenvalue weighted by atomic mass is 127. The van der Waals surface area contributed by atoms with Crippen LogP contribution in [0.3, 0.4) is 0 Å². The van der Waals surface area contributed by atoms with E-state index in [-0.39, 0.29) is 17.4 Å². The molecule has 0 N–H and O–H groups in total. The van der Waals surface area contributed by atoms with E-state index in [0.29, 0.717) is 41.8 Å². The topological polar surface area (TPSA) is 76.2 Å². The number of benzene rings is 2. The summed E-state index contributed by atoms with van der Waals surface area (Å²) in [7, 11) is 1.55. The van der Waals surface area contributed by atoms with Crippen LogP contribution in [-0.4, -0.2) is 53.6 Å². The number of ether oxygens (including phenoxy) is 2. The number of halogens is 2. The zero-order valence-corrected chi connectivity index (χ0v) is 22.8. The summed E-state index contributed by atoms with van der Waals surface area (Å²) in [6.07, 6.45) is 4.64. The van der Waals surface area contributed by atoms with Gasteiger partial charge in [0.2, 0.25) is 5.91 Å². The fourth-order valence-corrected chi connectivity index (χ4v) is 5.61. The lowest BCUT2D eigenvalue weighted by molar-refractivity contribution is -0.136. The van der Waals surface area contributed by atoms with Crippen LogP contribution in [0, 0.1) is 3.57 Å². The summed E-state index contributed by atoms with van der Waals surface area (Å²) in [5, 5.41) is 0.224. The van der Waals surface area contributed by atoms with Crippen molar-refractivity contribution in [1.82, 2.24) is 9.80 Å². The highest BCUT2D eigenvalue weighted by molar-refractivity contribution is 14.1. The van der Waals surface area contributed by atoms with Crippen molar-refractivity contribution in [2.75, 3.05) is 26.7 Å². The number of hydrogen-bond acceptors (Lipinski definition) is 6. The Morgan fingerprint density at radius 3 is 2.54 bits per heavy atom. The van der Waals surface area contributed by atoms with Crippen LogP contribution < -0.4 is 9.47 Å². The molecule has 7 nitrogen and oxygen atoms in total. The van der Waals surface area contributed by atoms with Crippen LogP contribution >= 0.6 is 46.0 Å². The summed E-state index contributed by atoms with van der Waals surface area (Å²) >= 11 is 8.93. The number of piperidine rings is 1. The lowest BCUT2D eigenvalue weighted by Gasteiger charge is -2.27. The number of rotatable bonds is 7. The molecule has 2 saturated heterocycles. The molecular weight excluding hydrogens is 603 g/mol. The number of methoxy groups -OCH3 is 1. The van der Waals surface area contributed by atoms with Crippen molar-refractivity contribution >= 4 is 69.1 Å². The van der Waals surface area contributed by atoms with Crippen LogP contribution in [0.25, 0.3) is 6.08 Å². The van der Waals surface area contributed by atoms with Gasteiger partial charge >= 0.3 is 0 Å². The largest absolute Gasteiger partial charge is 0.493 e. The van der Waals surface area contributed by atoms with E-state index in [4.69, 9.17) is 21.1 Å². The van der Waals surface area contributed by atoms with Crippen LogP contribution in [0.15, 0.2) is 41.3 Å². The summed E-state index contributed by atoms with van der Waals surface area (Å²) in [6.45, 7) is 1.47. The first kappa shape index (κ1) is 25.8. The minimum absolute atomic E-state index is 0.188. The lowest BCUT2D eigenvalue weighted by atomic mass is 10.1. The molecule has 35 heavy (non-hydrogen) atoms. The van der Waals surface area contributed by atoms with Crippen molar-refractivity contribution in [2.45, 2.75) is 25.9 Å². The predicted octanol–water partition coefficient (Wildman–Crippen LogP) is 5.58. The molecule has 2 aliphatic heterocycles. The molecule has 4 rings (SSSR count). The number of hydrogen-bond donors (Lipinski definition) is 0. The third kappa shape index (κ3) is 6.31. The van der Waals surface area contributed by atoms with Crippen LogP contribution in [0.2, 0.25) is 5.02 Å². The Bertz CT molecular complexity index is 1170. The van der Waals surface area contributed by atoms with E-state index in [0.717, 1.165) is 45.1 Å². The summed E-state index contributed by atoms with van der Waals surface area (Å²) in [4.78, 5) is 41.0. The summed E-state index contributed by atoms with van der Waals surface area (Å²) < 4.78 is 12.3. The summed E-state index contributed by atoms with van der Waals surface area (Å²) in [6, 6.07) is 11.0. The van der Waals surface area contributed by atoms with E-state index in [9.17, 15) is 14.4 Å². The minimum atomic E-state index is -0.456. The van der Waals surface area contributed by atoms with Gasteiger partial charge in [-0.25, -0.2) is 0 Å². The molecule has 2 fully saturated rings. The van der Waals surface area contributed by atoms with Crippen molar-refractivity contribution in [3.63, 3.8) is 0 Å². The summed E-state index contributed by atoms with van der Waals surface area (Å²) in [5.41, 5.74) is 1.65. The van der Waals surface area contributed by atoms with E-state index in [2.05, 4.69) is 22.6 Å². The average Bonchev–Trinajstić information content (AvgIpc) is 3.11. The standard InChI is InChI=1S/C25H24ClIN2O5S/c1-33-20-12-17(11-19(27)23(20)34-15-16-5-7-18(26)8-6-16)13-21-24(31)29(25(32)35-21)14-22(30)28-9-3-2-4-10-28/h5-8,11-13H,2-4,9-10,14-15H2,1H3/b21-13+. The Morgan fingerprint density at radius 2 is 1.86 bits per heavy atom. The molecule has 0 saturated carbocycles. The molecular formula is C25H24ClIN2O5S. The van der Waals surface area contributed by atoms with Gasteiger partial charge < -0.3 is 14.4 Å². The number of carbonyl (C=O) groups is 3. The number of amides is 3. The first-order chi connectivity index (χ1) is 16.9. The molecule has 10 heteroatoms. The number of nitrogens with zero attached hydrogens (tertiary/aromatic N) is 2. The Labute approximate surface area is 226 Å². The number of likely N-dealkylation sites (tertiary alicyclic amines) is 1. The van der Waals surface area contributed by atoms with Crippen LogP contribution in [0.1, 0.15) is 30.4 Å². The monoisotopic (exact) mass is 626 g/mol. The second-order valence-corrected chi connectivity index (χ2v) is 10.8. The van der Waals surface area contributed by atoms with Crippen molar-refractivity contribution in [3.8, 4) is 11.5 Å². The summed E-state index contributed by atoms with van der Waals surface area (Å²) in [5.74, 6) is 0.450. The fourth-order valence-electron chi connectivity index (χ4n) is 3.87. The lowest BCUT2D eigenvalue weighted by Crippen LogP contribution is -2.44. The molecule has 0 aromatic heterocycles. The predicted molar refractivity (Wildman–Crippen MR) is 145 cm³/mol. The smallest absolute Gasteiger partial charge is 0.294 e. The molecule has 0 aliphatic carbocycles. The van der Waals surface area contributed by atoms with Crippen molar-refractivity contribution in [2.24, 2.45) is 0 Å². The van der Waals surface area contributed by atoms with E-state index < -0.39 is 11.1 Å². The molecule has 0 unspecified atom stereocenters. The van der Waals surface area contributed by atoms with Crippen molar-refractivity contribution in [3.05, 3.63) is 61.0 Å². The van der Waals surface area contributed by atoms with Crippen LogP contribution in [0.5, 0.6) is 11.5 Å². The van der Waals surface area contributed by atoms with Gasteiger partial charge in [0.15, 0.2) is 11.5 Å². The molecule has 3 amide bonds. The number of carbonyl (C=O) groups excluding carboxylic acids is 3. The molecule has 0 spiro atoms. The molecule has 0 atom stereocenters. The molecule has 2 aromatic carbocycles. The second-order valence-electron chi connectivity index (χ2n) is 8.16. The van der Waals surface area contributed by atoms with Gasteiger partial charge in [-0.3, -0.25) is 19.3 Å². The van der Waals surface area contributed by atoms with E-state index in [1.54, 1.807) is 36.3 Å². The Kier molecular flexibility index (Phi) is 8.61. The Morgan fingerprint density at radius 1 is 1.14 bits per heavy atom. The van der Waals surface area contributed by atoms with Gasteiger partial charge in [-0.2, -0.15) is 0 Å². The quantitative estimate of drug-likeness (QED) is 0.295. The molecule has 184 valence electrons. The Balaban J connectivity index is 1.47. The van der Waals surface area contributed by atoms with Gasteiger partial charge in [-0.1, -0.05) is 23.7 Å². The van der Waals surface area contributed by atoms with Gasteiger partial charge in [-0.05, 0) is 95.1 Å². The first-order valence-electron chi connectivity index (χ1n) is 11.1. The average molecular weight is 627 g/mol. The second kappa shape index (κ2) is 11.7. The fraction of sp³-hybridized carbons (Fsp3) is 0.320.